The molecule has 0 amide bonds. The van der Waals surface area contributed by atoms with E-state index in [-0.39, 0.29) is 4.83 Å². The normalized spacial score (nSPS) is 33.0. The molecule has 0 bridgehead atoms. The van der Waals surface area contributed by atoms with Gasteiger partial charge in [0.15, 0.2) is 0 Å². The van der Waals surface area contributed by atoms with E-state index in [0.29, 0.717) is 0 Å². The van der Waals surface area contributed by atoms with E-state index in [9.17, 15) is 4.39 Å². The van der Waals surface area contributed by atoms with E-state index in [2.05, 4.69) is 15.9 Å². The summed E-state index contributed by atoms with van der Waals surface area (Å²) in [7, 11) is 0. The Hall–Kier alpha value is 0.410. The molecule has 1 rings (SSSR count). The summed E-state index contributed by atoms with van der Waals surface area (Å²) in [5.74, 6) is 0. The van der Waals surface area contributed by atoms with Gasteiger partial charge >= 0.3 is 0 Å². The van der Waals surface area contributed by atoms with Gasteiger partial charge < -0.3 is 0 Å². The van der Waals surface area contributed by atoms with E-state index < -0.39 is 6.17 Å². The lowest BCUT2D eigenvalue weighted by molar-refractivity contribution is 0.288. The topological polar surface area (TPSA) is 0 Å². The predicted octanol–water partition coefficient (Wildman–Crippen LogP) is 5.00. The van der Waals surface area contributed by atoms with Crippen LogP contribution in [0.3, 0.4) is 0 Å². The van der Waals surface area contributed by atoms with Crippen molar-refractivity contribution in [3.8, 4) is 0 Å². The van der Waals surface area contributed by atoms with Crippen molar-refractivity contribution < 1.29 is 4.39 Å². The van der Waals surface area contributed by atoms with Crippen molar-refractivity contribution in [3.05, 3.63) is 0 Å². The Morgan fingerprint density at radius 1 is 0.714 bits per heavy atom. The molecule has 1 saturated carbocycles. The fraction of sp³-hybridized carbons (Fsp3) is 1.00. The number of rotatable bonds is 0. The number of halogens is 2. The highest BCUT2D eigenvalue weighted by atomic mass is 79.9. The first-order chi connectivity index (χ1) is 6.80. The lowest BCUT2D eigenvalue weighted by atomic mass is 10.0. The van der Waals surface area contributed by atoms with Crippen LogP contribution in [-0.2, 0) is 0 Å². The van der Waals surface area contributed by atoms with Crippen LogP contribution in [0.2, 0.25) is 0 Å². The minimum Gasteiger partial charge on any atom is -0.246 e. The Morgan fingerprint density at radius 2 is 1.14 bits per heavy atom. The van der Waals surface area contributed by atoms with Crippen LogP contribution in [0.25, 0.3) is 0 Å². The Bertz CT molecular complexity index is 122. The molecule has 0 aromatic rings. The van der Waals surface area contributed by atoms with Crippen LogP contribution in [0, 0.1) is 0 Å². The van der Waals surface area contributed by atoms with E-state index in [4.69, 9.17) is 0 Å². The fourth-order valence-electron chi connectivity index (χ4n) is 2.10. The summed E-state index contributed by atoms with van der Waals surface area (Å²) >= 11 is 3.47. The van der Waals surface area contributed by atoms with Crippen molar-refractivity contribution >= 4 is 15.9 Å². The standard InChI is InChI=1S/C12H22BrF/c13-11-9-7-5-3-1-2-4-6-8-10-12(11)14/h11-12H,1-10H2/t11-,12-/m1/s1. The van der Waals surface area contributed by atoms with Crippen molar-refractivity contribution in [1.29, 1.82) is 0 Å². The minimum atomic E-state index is -0.616. The van der Waals surface area contributed by atoms with Crippen molar-refractivity contribution in [1.82, 2.24) is 0 Å². The van der Waals surface area contributed by atoms with E-state index in [1.165, 1.54) is 44.9 Å². The largest absolute Gasteiger partial charge is 0.246 e. The van der Waals surface area contributed by atoms with Crippen molar-refractivity contribution in [2.45, 2.75) is 75.2 Å². The van der Waals surface area contributed by atoms with Gasteiger partial charge in [0.25, 0.3) is 0 Å². The van der Waals surface area contributed by atoms with Gasteiger partial charge in [0.05, 0.1) is 0 Å². The number of alkyl halides is 2. The van der Waals surface area contributed by atoms with Crippen LogP contribution in [0.1, 0.15) is 64.2 Å². The summed E-state index contributed by atoms with van der Waals surface area (Å²) in [4.78, 5) is 0.113. The maximum atomic E-state index is 13.5. The van der Waals surface area contributed by atoms with Gasteiger partial charge in [-0.1, -0.05) is 67.3 Å². The summed E-state index contributed by atoms with van der Waals surface area (Å²) < 4.78 is 13.5. The average Bonchev–Trinajstić information content (AvgIpc) is 2.18. The smallest absolute Gasteiger partial charge is 0.113 e. The molecule has 14 heavy (non-hydrogen) atoms. The van der Waals surface area contributed by atoms with Gasteiger partial charge in [-0.25, -0.2) is 4.39 Å². The van der Waals surface area contributed by atoms with E-state index in [1.807, 2.05) is 0 Å². The minimum absolute atomic E-state index is 0.113. The zero-order chi connectivity index (χ0) is 10.2. The summed E-state index contributed by atoms with van der Waals surface area (Å²) in [6.07, 6.45) is 11.3. The van der Waals surface area contributed by atoms with Crippen molar-refractivity contribution in [2.24, 2.45) is 0 Å². The zero-order valence-electron chi connectivity index (χ0n) is 8.98. The van der Waals surface area contributed by atoms with Gasteiger partial charge in [-0.2, -0.15) is 0 Å². The van der Waals surface area contributed by atoms with Gasteiger partial charge in [0.2, 0.25) is 0 Å². The average molecular weight is 265 g/mol. The molecule has 2 heteroatoms. The molecule has 1 fully saturated rings. The lowest BCUT2D eigenvalue weighted by Crippen LogP contribution is -2.15. The predicted molar refractivity (Wildman–Crippen MR) is 63.8 cm³/mol. The van der Waals surface area contributed by atoms with Gasteiger partial charge in [0, 0.05) is 4.83 Å². The highest BCUT2D eigenvalue weighted by Gasteiger charge is 2.17. The number of hydrogen-bond acceptors (Lipinski definition) is 0. The molecule has 1 aliphatic rings. The molecule has 0 unspecified atom stereocenters. The summed E-state index contributed by atoms with van der Waals surface area (Å²) in [6.45, 7) is 0. The maximum absolute atomic E-state index is 13.5. The van der Waals surface area contributed by atoms with Crippen molar-refractivity contribution in [2.75, 3.05) is 0 Å². The highest BCUT2D eigenvalue weighted by Crippen LogP contribution is 2.23. The SMILES string of the molecule is F[C@@H]1CCCCCCCCCC[C@H]1Br. The van der Waals surface area contributed by atoms with E-state index in [0.717, 1.165) is 19.3 Å². The van der Waals surface area contributed by atoms with Gasteiger partial charge in [-0.3, -0.25) is 0 Å². The van der Waals surface area contributed by atoms with Gasteiger partial charge in [-0.15, -0.1) is 0 Å². The van der Waals surface area contributed by atoms with Crippen molar-refractivity contribution in [3.63, 3.8) is 0 Å². The Labute approximate surface area is 95.8 Å². The zero-order valence-corrected chi connectivity index (χ0v) is 10.6. The van der Waals surface area contributed by atoms with E-state index >= 15 is 0 Å². The molecule has 0 aromatic carbocycles. The Kier molecular flexibility index (Phi) is 6.84. The third kappa shape index (κ3) is 5.33. The molecule has 2 atom stereocenters. The lowest BCUT2D eigenvalue weighted by Gasteiger charge is -2.15. The van der Waals surface area contributed by atoms with Crippen LogP contribution in [0.15, 0.2) is 0 Å². The van der Waals surface area contributed by atoms with Crippen LogP contribution in [0.4, 0.5) is 4.39 Å². The van der Waals surface area contributed by atoms with Gasteiger partial charge in [-0.05, 0) is 12.8 Å². The highest BCUT2D eigenvalue weighted by molar-refractivity contribution is 9.09. The molecule has 0 nitrogen and oxygen atoms in total. The quantitative estimate of drug-likeness (QED) is 0.540. The monoisotopic (exact) mass is 264 g/mol. The fourth-order valence-corrected chi connectivity index (χ4v) is 2.69. The summed E-state index contributed by atoms with van der Waals surface area (Å²) in [6, 6.07) is 0. The molecule has 0 saturated heterocycles. The Morgan fingerprint density at radius 3 is 1.71 bits per heavy atom. The molecule has 84 valence electrons. The maximum Gasteiger partial charge on any atom is 0.113 e. The second kappa shape index (κ2) is 7.67. The van der Waals surface area contributed by atoms with Crippen LogP contribution in [0.5, 0.6) is 0 Å². The summed E-state index contributed by atoms with van der Waals surface area (Å²) in [5, 5.41) is 0. The first kappa shape index (κ1) is 12.5. The molecule has 0 heterocycles. The molecule has 0 aromatic heterocycles. The molecular formula is C12H22BrF. The third-order valence-corrected chi connectivity index (χ3v) is 4.13. The molecule has 0 N–H and O–H groups in total. The second-order valence-corrected chi connectivity index (χ2v) is 5.61. The van der Waals surface area contributed by atoms with Crippen LogP contribution >= 0.6 is 15.9 Å². The second-order valence-electron chi connectivity index (χ2n) is 4.44. The Balaban J connectivity index is 2.23. The molecule has 0 aliphatic heterocycles. The summed E-state index contributed by atoms with van der Waals surface area (Å²) in [5.41, 5.74) is 0. The third-order valence-electron chi connectivity index (χ3n) is 3.10. The number of hydrogen-bond donors (Lipinski definition) is 0. The molecule has 0 radical (unpaired) electrons. The molecule has 0 spiro atoms. The van der Waals surface area contributed by atoms with Crippen LogP contribution in [-0.4, -0.2) is 11.0 Å². The first-order valence-corrected chi connectivity index (χ1v) is 7.00. The molecule has 1 aliphatic carbocycles. The van der Waals surface area contributed by atoms with Gasteiger partial charge in [0.1, 0.15) is 6.17 Å². The molecular weight excluding hydrogens is 243 g/mol. The van der Waals surface area contributed by atoms with Crippen LogP contribution < -0.4 is 0 Å². The first-order valence-electron chi connectivity index (χ1n) is 6.09. The van der Waals surface area contributed by atoms with E-state index in [1.54, 1.807) is 0 Å².